The van der Waals surface area contributed by atoms with Gasteiger partial charge in [0.1, 0.15) is 18.4 Å². The molecular weight excluding hydrogens is 536 g/mol. The van der Waals surface area contributed by atoms with Crippen molar-refractivity contribution in [3.8, 4) is 29.0 Å². The first kappa shape index (κ1) is 27.9. The van der Waals surface area contributed by atoms with Gasteiger partial charge in [0.15, 0.2) is 6.10 Å². The van der Waals surface area contributed by atoms with Crippen molar-refractivity contribution in [1.29, 1.82) is 5.26 Å². The van der Waals surface area contributed by atoms with Gasteiger partial charge in [-0.15, -0.1) is 0 Å². The smallest absolute Gasteiger partial charge is 0.301 e. The highest BCUT2D eigenvalue weighted by molar-refractivity contribution is 5.95. The fraction of sp³-hybridized carbons (Fsp3) is 0.345. The van der Waals surface area contributed by atoms with E-state index >= 15 is 0 Å². The highest BCUT2D eigenvalue weighted by atomic mass is 19.3. The van der Waals surface area contributed by atoms with E-state index in [1.165, 1.54) is 18.3 Å². The number of anilines is 1. The number of piperidine rings is 1. The van der Waals surface area contributed by atoms with Gasteiger partial charge in [-0.1, -0.05) is 6.07 Å². The lowest BCUT2D eigenvalue weighted by Gasteiger charge is -2.38. The molecule has 1 saturated heterocycles. The SMILES string of the molecule is COc1ccc([C@@H]2C[C@H]2C(=O)Nc2ccnc(-c3ccc(O[C@H]4CCN(C(=O)CO)CC4(F)F)c(C#N)c3)c2)cn1. The number of rotatable bonds is 8. The summed E-state index contributed by atoms with van der Waals surface area (Å²) in [5, 5.41) is 21.6. The third-order valence-electron chi connectivity index (χ3n) is 7.24. The Morgan fingerprint density at radius 3 is 2.73 bits per heavy atom. The van der Waals surface area contributed by atoms with Gasteiger partial charge >= 0.3 is 5.92 Å². The van der Waals surface area contributed by atoms with Gasteiger partial charge in [-0.2, -0.15) is 5.26 Å². The molecule has 1 aliphatic carbocycles. The summed E-state index contributed by atoms with van der Waals surface area (Å²) >= 11 is 0. The second kappa shape index (κ2) is 11.5. The predicted molar refractivity (Wildman–Crippen MR) is 142 cm³/mol. The second-order valence-corrected chi connectivity index (χ2v) is 9.95. The molecular formula is C29H27F2N5O5. The first-order valence-electron chi connectivity index (χ1n) is 13.0. The van der Waals surface area contributed by atoms with Crippen LogP contribution < -0.4 is 14.8 Å². The van der Waals surface area contributed by atoms with Crippen molar-refractivity contribution in [2.75, 3.05) is 32.1 Å². The number of alkyl halides is 2. The van der Waals surface area contributed by atoms with E-state index in [4.69, 9.17) is 14.6 Å². The number of nitriles is 1. The number of aliphatic hydroxyl groups excluding tert-OH is 1. The largest absolute Gasteiger partial charge is 0.483 e. The lowest BCUT2D eigenvalue weighted by molar-refractivity contribution is -0.161. The fourth-order valence-electron chi connectivity index (χ4n) is 4.90. The minimum Gasteiger partial charge on any atom is -0.483 e. The highest BCUT2D eigenvalue weighted by Crippen LogP contribution is 2.48. The summed E-state index contributed by atoms with van der Waals surface area (Å²) in [4.78, 5) is 33.9. The van der Waals surface area contributed by atoms with Crippen molar-refractivity contribution in [2.45, 2.75) is 30.8 Å². The van der Waals surface area contributed by atoms with Crippen molar-refractivity contribution >= 4 is 17.5 Å². The Morgan fingerprint density at radius 1 is 1.22 bits per heavy atom. The van der Waals surface area contributed by atoms with E-state index in [9.17, 15) is 23.6 Å². The molecule has 2 aliphatic rings. The van der Waals surface area contributed by atoms with Crippen LogP contribution in [0.3, 0.4) is 0 Å². The Kier molecular flexibility index (Phi) is 7.81. The molecule has 0 unspecified atom stereocenters. The molecule has 1 aliphatic heterocycles. The van der Waals surface area contributed by atoms with E-state index in [1.807, 2.05) is 12.1 Å². The quantitative estimate of drug-likeness (QED) is 0.426. The number of aromatic nitrogens is 2. The number of hydrogen-bond acceptors (Lipinski definition) is 8. The molecule has 212 valence electrons. The number of pyridine rings is 2. The van der Waals surface area contributed by atoms with Gasteiger partial charge in [0.05, 0.1) is 24.9 Å². The van der Waals surface area contributed by atoms with Crippen molar-refractivity contribution in [1.82, 2.24) is 14.9 Å². The van der Waals surface area contributed by atoms with Gasteiger partial charge in [0.2, 0.25) is 17.7 Å². The maximum atomic E-state index is 14.7. The van der Waals surface area contributed by atoms with Crippen LogP contribution in [0.25, 0.3) is 11.3 Å². The van der Waals surface area contributed by atoms with E-state index < -0.39 is 31.1 Å². The summed E-state index contributed by atoms with van der Waals surface area (Å²) in [5.41, 5.74) is 2.54. The lowest BCUT2D eigenvalue weighted by Crippen LogP contribution is -2.55. The summed E-state index contributed by atoms with van der Waals surface area (Å²) in [7, 11) is 1.54. The standard InChI is InChI=1S/C29H27F2N5O5/c1-40-26-5-3-18(14-34-26)21-12-22(21)28(39)35-20-6-8-33-23(11-20)17-2-4-24(19(10-17)13-32)41-25-7-9-36(27(38)15-37)16-29(25,30)31/h2-6,8,10-11,14,21-22,25,37H,7,9,12,15-16H2,1H3,(H,33,35,39)/t21-,22+,25-/m0/s1. The third-order valence-corrected chi connectivity index (χ3v) is 7.24. The summed E-state index contributed by atoms with van der Waals surface area (Å²) in [5.74, 6) is -3.88. The van der Waals surface area contributed by atoms with Crippen molar-refractivity contribution in [3.63, 3.8) is 0 Å². The molecule has 0 radical (unpaired) electrons. The van der Waals surface area contributed by atoms with Crippen LogP contribution >= 0.6 is 0 Å². The normalized spacial score (nSPS) is 21.0. The van der Waals surface area contributed by atoms with Gasteiger partial charge in [0.25, 0.3) is 0 Å². The van der Waals surface area contributed by atoms with Gasteiger partial charge in [0, 0.05) is 48.6 Å². The molecule has 0 spiro atoms. The van der Waals surface area contributed by atoms with Crippen LogP contribution in [0.1, 0.15) is 29.9 Å². The van der Waals surface area contributed by atoms with Crippen LogP contribution in [0.5, 0.6) is 11.6 Å². The second-order valence-electron chi connectivity index (χ2n) is 9.95. The van der Waals surface area contributed by atoms with Crippen LogP contribution in [0, 0.1) is 17.2 Å². The Hall–Kier alpha value is -4.63. The Balaban J connectivity index is 1.25. The maximum absolute atomic E-state index is 14.7. The number of aliphatic hydroxyl groups is 1. The summed E-state index contributed by atoms with van der Waals surface area (Å²) < 4.78 is 40.0. The number of hydrogen-bond donors (Lipinski definition) is 2. The number of nitrogens with one attached hydrogen (secondary N) is 1. The molecule has 1 saturated carbocycles. The van der Waals surface area contributed by atoms with E-state index in [-0.39, 0.29) is 42.0 Å². The summed E-state index contributed by atoms with van der Waals surface area (Å²) in [6, 6.07) is 13.5. The molecule has 2 aromatic heterocycles. The van der Waals surface area contributed by atoms with Crippen LogP contribution in [-0.2, 0) is 9.59 Å². The number of carbonyl (C=O) groups excluding carboxylic acids is 2. The van der Waals surface area contributed by atoms with E-state index in [2.05, 4.69) is 15.3 Å². The van der Waals surface area contributed by atoms with Gasteiger partial charge in [-0.05, 0) is 48.2 Å². The molecule has 2 fully saturated rings. The van der Waals surface area contributed by atoms with Crippen molar-refractivity contribution in [2.24, 2.45) is 5.92 Å². The molecule has 0 bridgehead atoms. The number of halogens is 2. The zero-order valence-electron chi connectivity index (χ0n) is 22.1. The van der Waals surface area contributed by atoms with Gasteiger partial charge in [-0.25, -0.2) is 13.8 Å². The zero-order valence-corrected chi connectivity index (χ0v) is 22.1. The average molecular weight is 564 g/mol. The number of carbonyl (C=O) groups is 2. The van der Waals surface area contributed by atoms with E-state index in [1.54, 1.807) is 37.6 Å². The molecule has 2 amide bonds. The number of benzene rings is 1. The van der Waals surface area contributed by atoms with Crippen LogP contribution in [0.4, 0.5) is 14.5 Å². The lowest BCUT2D eigenvalue weighted by atomic mass is 10.0. The Bertz CT molecular complexity index is 1490. The van der Waals surface area contributed by atoms with Crippen LogP contribution in [0.15, 0.2) is 54.9 Å². The molecule has 41 heavy (non-hydrogen) atoms. The number of amides is 2. The number of methoxy groups -OCH3 is 1. The minimum absolute atomic E-state index is 0.000637. The van der Waals surface area contributed by atoms with Gasteiger partial charge in [-0.3, -0.25) is 14.6 Å². The van der Waals surface area contributed by atoms with Crippen LogP contribution in [-0.4, -0.2) is 70.6 Å². The highest BCUT2D eigenvalue weighted by Gasteiger charge is 2.48. The predicted octanol–water partition coefficient (Wildman–Crippen LogP) is 3.37. The third kappa shape index (κ3) is 6.10. The Labute approximate surface area is 234 Å². The fourth-order valence-corrected chi connectivity index (χ4v) is 4.90. The molecule has 3 aromatic rings. The Morgan fingerprint density at radius 2 is 2.05 bits per heavy atom. The monoisotopic (exact) mass is 563 g/mol. The molecule has 1 aromatic carbocycles. The average Bonchev–Trinajstić information content (AvgIpc) is 3.79. The minimum atomic E-state index is -3.37. The summed E-state index contributed by atoms with van der Waals surface area (Å²) in [6.07, 6.45) is 2.25. The number of likely N-dealkylation sites (tertiary alicyclic amines) is 1. The molecule has 3 atom stereocenters. The first-order valence-corrected chi connectivity index (χ1v) is 13.0. The first-order chi connectivity index (χ1) is 19.7. The molecule has 2 N–H and O–H groups in total. The molecule has 10 nitrogen and oxygen atoms in total. The number of nitrogens with zero attached hydrogens (tertiary/aromatic N) is 4. The molecule has 3 heterocycles. The van der Waals surface area contributed by atoms with Crippen molar-refractivity contribution < 1.29 is 33.0 Å². The van der Waals surface area contributed by atoms with E-state index in [0.29, 0.717) is 29.2 Å². The van der Waals surface area contributed by atoms with Crippen LogP contribution in [0.2, 0.25) is 0 Å². The topological polar surface area (TPSA) is 138 Å². The van der Waals surface area contributed by atoms with Gasteiger partial charge < -0.3 is 24.8 Å². The molecule has 5 rings (SSSR count). The van der Waals surface area contributed by atoms with Crippen molar-refractivity contribution in [3.05, 3.63) is 66.0 Å². The zero-order chi connectivity index (χ0) is 29.1. The summed E-state index contributed by atoms with van der Waals surface area (Å²) in [6.45, 7) is -1.72. The number of ether oxygens (including phenoxy) is 2. The molecule has 12 heteroatoms. The van der Waals surface area contributed by atoms with E-state index in [0.717, 1.165) is 10.5 Å². The maximum Gasteiger partial charge on any atom is 0.301 e.